The number of nitrogens with zero attached hydrogens (tertiary/aromatic N) is 3. The van der Waals surface area contributed by atoms with Gasteiger partial charge < -0.3 is 54.9 Å². The molecular formula is C52H73N7O10Si. The Hall–Kier alpha value is -5.98. The lowest BCUT2D eigenvalue weighted by Crippen LogP contribution is -2.56. The van der Waals surface area contributed by atoms with Gasteiger partial charge in [-0.2, -0.15) is 0 Å². The highest BCUT2D eigenvalue weighted by molar-refractivity contribution is 6.92. The molecule has 0 aromatic heterocycles. The molecule has 3 aromatic rings. The minimum atomic E-state index is -1.81. The van der Waals surface area contributed by atoms with Gasteiger partial charge in [0.1, 0.15) is 24.2 Å². The SMILES string of the molecule is COC(=O)N[C@H](C(=O)N1CCC[C@H]1C(=O)Nc1ccc([C@@H]2CC[C@@H](c3ccc(NC(=O)[C@@H]4CCCN4C(=O)[C@@H](NC(=O)OC)[C@@H](C)OC)cc3)N2c2ccc([Si](C)(C)C(C)(C)C)cc2)cc1)[C@@H](C)OC. The molecule has 3 aliphatic rings. The standard InChI is InChI=1S/C52H73N7O10Si/c1-32(66-6)44(55-50(64)68-8)48(62)57-30-12-14-42(57)46(60)53-36-20-16-34(17-21-36)40-28-29-41(59(40)38-24-26-39(27-25-38)70(10,11)52(3,4)5)35-18-22-37(23-19-35)54-47(61)43-15-13-31-58(43)49(63)45(33(2)67-7)56-51(65)69-9/h16-27,32-33,40-45H,12-15,28-31H2,1-11H3,(H,53,60)(H,54,61)(H,55,64)(H,56,65)/t32-,33-,40+,41+,42+,43+,44+,45+/m1/s1. The monoisotopic (exact) mass is 984 g/mol. The van der Waals surface area contributed by atoms with Crippen LogP contribution in [0.3, 0.4) is 0 Å². The highest BCUT2D eigenvalue weighted by Crippen LogP contribution is 2.47. The average molecular weight is 984 g/mol. The lowest BCUT2D eigenvalue weighted by molar-refractivity contribution is -0.141. The Morgan fingerprint density at radius 3 is 1.31 bits per heavy atom. The molecule has 4 N–H and O–H groups in total. The van der Waals surface area contributed by atoms with Gasteiger partial charge in [-0.1, -0.05) is 75.5 Å². The van der Waals surface area contributed by atoms with Crippen LogP contribution in [0, 0.1) is 0 Å². The third-order valence-corrected chi connectivity index (χ3v) is 20.6. The summed E-state index contributed by atoms with van der Waals surface area (Å²) >= 11 is 0. The minimum absolute atomic E-state index is 0.00188. The molecule has 3 aromatic carbocycles. The Kier molecular flexibility index (Phi) is 17.4. The Labute approximate surface area is 413 Å². The van der Waals surface area contributed by atoms with E-state index in [0.717, 1.165) is 29.7 Å². The summed E-state index contributed by atoms with van der Waals surface area (Å²) in [5, 5.41) is 12.7. The van der Waals surface area contributed by atoms with Crippen molar-refractivity contribution in [3.63, 3.8) is 0 Å². The zero-order valence-corrected chi connectivity index (χ0v) is 43.6. The van der Waals surface area contributed by atoms with Gasteiger partial charge in [0.05, 0.1) is 46.6 Å². The summed E-state index contributed by atoms with van der Waals surface area (Å²) in [4.78, 5) is 84.7. The Bertz CT molecular complexity index is 2200. The number of rotatable bonds is 16. The van der Waals surface area contributed by atoms with Gasteiger partial charge in [0, 0.05) is 44.4 Å². The second-order valence-electron chi connectivity index (χ2n) is 20.1. The summed E-state index contributed by atoms with van der Waals surface area (Å²) < 4.78 is 20.3. The first-order chi connectivity index (χ1) is 33.2. The van der Waals surface area contributed by atoms with Crippen LogP contribution < -0.4 is 31.4 Å². The van der Waals surface area contributed by atoms with Crippen molar-refractivity contribution >= 4 is 66.1 Å². The maximum Gasteiger partial charge on any atom is 0.407 e. The van der Waals surface area contributed by atoms with Gasteiger partial charge in [-0.3, -0.25) is 19.2 Å². The minimum Gasteiger partial charge on any atom is -0.453 e. The maximum absolute atomic E-state index is 13.8. The normalized spacial score (nSPS) is 21.0. The molecule has 0 saturated carbocycles. The molecule has 70 heavy (non-hydrogen) atoms. The van der Waals surface area contributed by atoms with Crippen molar-refractivity contribution in [2.75, 3.05) is 57.1 Å². The van der Waals surface area contributed by atoms with Crippen molar-refractivity contribution in [3.8, 4) is 0 Å². The number of methoxy groups -OCH3 is 4. The summed E-state index contributed by atoms with van der Waals surface area (Å²) in [6.45, 7) is 15.9. The van der Waals surface area contributed by atoms with Crippen molar-refractivity contribution in [1.82, 2.24) is 20.4 Å². The van der Waals surface area contributed by atoms with E-state index in [0.29, 0.717) is 50.1 Å². The molecular weight excluding hydrogens is 911 g/mol. The van der Waals surface area contributed by atoms with Crippen LogP contribution in [-0.2, 0) is 38.1 Å². The van der Waals surface area contributed by atoms with Crippen molar-refractivity contribution in [2.45, 2.75) is 140 Å². The number of hydrogen-bond acceptors (Lipinski definition) is 11. The average Bonchev–Trinajstić information content (AvgIpc) is 4.15. The molecule has 6 amide bonds. The molecule has 0 bridgehead atoms. The first-order valence-electron chi connectivity index (χ1n) is 24.3. The van der Waals surface area contributed by atoms with Crippen LogP contribution in [0.2, 0.25) is 18.1 Å². The molecule has 3 aliphatic heterocycles. The van der Waals surface area contributed by atoms with Crippen LogP contribution in [0.5, 0.6) is 0 Å². The molecule has 3 saturated heterocycles. The van der Waals surface area contributed by atoms with Gasteiger partial charge in [0.25, 0.3) is 0 Å². The number of nitrogens with one attached hydrogen (secondary N) is 4. The Morgan fingerprint density at radius 1 is 0.586 bits per heavy atom. The smallest absolute Gasteiger partial charge is 0.407 e. The molecule has 0 spiro atoms. The lowest BCUT2D eigenvalue weighted by Gasteiger charge is -2.38. The fraction of sp³-hybridized carbons (Fsp3) is 0.538. The number of hydrogen-bond donors (Lipinski definition) is 4. The Balaban J connectivity index is 1.20. The van der Waals surface area contributed by atoms with E-state index in [9.17, 15) is 28.8 Å². The van der Waals surface area contributed by atoms with E-state index in [1.807, 2.05) is 48.5 Å². The van der Waals surface area contributed by atoms with Gasteiger partial charge in [-0.25, -0.2) is 9.59 Å². The number of alkyl carbamates (subject to hydrolysis) is 2. The third-order valence-electron chi connectivity index (χ3n) is 15.1. The summed E-state index contributed by atoms with van der Waals surface area (Å²) in [5.74, 6) is -1.44. The highest BCUT2D eigenvalue weighted by atomic mass is 28.3. The number of likely N-dealkylation sites (tertiary alicyclic amines) is 2. The van der Waals surface area contributed by atoms with E-state index in [1.165, 1.54) is 43.4 Å². The fourth-order valence-corrected chi connectivity index (χ4v) is 11.6. The van der Waals surface area contributed by atoms with E-state index in [4.69, 9.17) is 18.9 Å². The van der Waals surface area contributed by atoms with Crippen LogP contribution >= 0.6 is 0 Å². The quantitative estimate of drug-likeness (QED) is 0.109. The van der Waals surface area contributed by atoms with Crippen LogP contribution in [-0.4, -0.2) is 132 Å². The summed E-state index contributed by atoms with van der Waals surface area (Å²) in [6.07, 6.45) is 1.12. The van der Waals surface area contributed by atoms with Crippen LogP contribution in [0.15, 0.2) is 72.8 Å². The zero-order valence-electron chi connectivity index (χ0n) is 42.6. The summed E-state index contributed by atoms with van der Waals surface area (Å²) in [5.41, 5.74) is 4.47. The van der Waals surface area contributed by atoms with Crippen molar-refractivity contribution in [3.05, 3.63) is 83.9 Å². The highest BCUT2D eigenvalue weighted by Gasteiger charge is 2.43. The van der Waals surface area contributed by atoms with Gasteiger partial charge in [-0.15, -0.1) is 0 Å². The van der Waals surface area contributed by atoms with Crippen LogP contribution in [0.25, 0.3) is 0 Å². The first-order valence-corrected chi connectivity index (χ1v) is 27.3. The van der Waals surface area contributed by atoms with E-state index < -0.39 is 68.5 Å². The summed E-state index contributed by atoms with van der Waals surface area (Å²) in [7, 11) is 3.53. The molecule has 17 nitrogen and oxygen atoms in total. The largest absolute Gasteiger partial charge is 0.453 e. The number of benzene rings is 3. The Morgan fingerprint density at radius 2 is 0.971 bits per heavy atom. The molecule has 380 valence electrons. The van der Waals surface area contributed by atoms with Gasteiger partial charge in [-0.05, 0) is 105 Å². The predicted molar refractivity (Wildman–Crippen MR) is 272 cm³/mol. The number of carbonyl (C=O) groups is 6. The van der Waals surface area contributed by atoms with Crippen molar-refractivity contribution < 1.29 is 47.7 Å². The second kappa shape index (κ2) is 22.8. The molecule has 0 radical (unpaired) electrons. The molecule has 18 heteroatoms. The number of amides is 6. The lowest BCUT2D eigenvalue weighted by atomic mass is 10.0. The van der Waals surface area contributed by atoms with Crippen molar-refractivity contribution in [1.29, 1.82) is 0 Å². The van der Waals surface area contributed by atoms with Crippen LogP contribution in [0.1, 0.15) is 96.4 Å². The van der Waals surface area contributed by atoms with E-state index in [2.05, 4.69) is 84.3 Å². The van der Waals surface area contributed by atoms with Gasteiger partial charge in [0.2, 0.25) is 23.6 Å². The fourth-order valence-electron chi connectivity index (χ4n) is 9.70. The third kappa shape index (κ3) is 11.8. The number of ether oxygens (including phenoxy) is 4. The molecule has 0 aliphatic carbocycles. The summed E-state index contributed by atoms with van der Waals surface area (Å²) in [6, 6.07) is 21.4. The van der Waals surface area contributed by atoms with Crippen molar-refractivity contribution in [2.24, 2.45) is 0 Å². The second-order valence-corrected chi connectivity index (χ2v) is 25.5. The molecule has 6 rings (SSSR count). The van der Waals surface area contributed by atoms with E-state index in [1.54, 1.807) is 13.8 Å². The number of anilines is 3. The van der Waals surface area contributed by atoms with Crippen LogP contribution in [0.4, 0.5) is 26.7 Å². The van der Waals surface area contributed by atoms with Gasteiger partial charge in [0.15, 0.2) is 0 Å². The topological polar surface area (TPSA) is 197 Å². The van der Waals surface area contributed by atoms with Gasteiger partial charge >= 0.3 is 12.2 Å². The molecule has 8 atom stereocenters. The van der Waals surface area contributed by atoms with E-state index in [-0.39, 0.29) is 28.9 Å². The van der Waals surface area contributed by atoms with E-state index >= 15 is 0 Å². The number of carbonyl (C=O) groups excluding carboxylic acids is 6. The molecule has 3 fully saturated rings. The predicted octanol–water partition coefficient (Wildman–Crippen LogP) is 6.86. The first kappa shape index (κ1) is 53.4. The molecule has 0 unspecified atom stereocenters. The molecule has 3 heterocycles. The zero-order chi connectivity index (χ0) is 51.1. The maximum atomic E-state index is 13.8.